The van der Waals surface area contributed by atoms with Crippen molar-refractivity contribution in [2.75, 3.05) is 20.5 Å². The second-order valence-corrected chi connectivity index (χ2v) is 6.83. The minimum Gasteiger partial charge on any atom is -0.359 e. The van der Waals surface area contributed by atoms with Crippen molar-refractivity contribution in [3.05, 3.63) is 71.3 Å². The Balaban J connectivity index is 2.04. The van der Waals surface area contributed by atoms with Gasteiger partial charge in [0, 0.05) is 29.7 Å². The van der Waals surface area contributed by atoms with E-state index in [4.69, 9.17) is 14.7 Å². The molecule has 0 saturated carbocycles. The molecule has 0 saturated heterocycles. The van der Waals surface area contributed by atoms with E-state index in [9.17, 15) is 14.4 Å². The van der Waals surface area contributed by atoms with E-state index in [0.717, 1.165) is 0 Å². The molecule has 2 aromatic rings. The van der Waals surface area contributed by atoms with Crippen LogP contribution in [-0.4, -0.2) is 49.4 Å². The average Bonchev–Trinajstić information content (AvgIpc) is 2.78. The number of hydrogen-bond acceptors (Lipinski definition) is 6. The Bertz CT molecular complexity index is 838. The fourth-order valence-corrected chi connectivity index (χ4v) is 2.88. The highest BCUT2D eigenvalue weighted by molar-refractivity contribution is 6.09. The number of hydrogen-bond donors (Lipinski definition) is 3. The summed E-state index contributed by atoms with van der Waals surface area (Å²) in [6.07, 6.45) is 0.256. The number of amides is 2. The van der Waals surface area contributed by atoms with Crippen LogP contribution in [0, 0.1) is 5.92 Å². The van der Waals surface area contributed by atoms with Gasteiger partial charge < -0.3 is 14.8 Å². The number of carbonyl (C=O) groups excluding carboxylic acids is 3. The number of hydroxylamine groups is 1. The van der Waals surface area contributed by atoms with Gasteiger partial charge in [-0.05, 0) is 18.6 Å². The Labute approximate surface area is 175 Å². The van der Waals surface area contributed by atoms with Gasteiger partial charge in [-0.2, -0.15) is 0 Å². The van der Waals surface area contributed by atoms with Gasteiger partial charge in [0.05, 0.1) is 12.6 Å². The molecule has 8 heteroatoms. The van der Waals surface area contributed by atoms with Crippen molar-refractivity contribution >= 4 is 17.6 Å². The molecule has 0 radical (unpaired) electrons. The second kappa shape index (κ2) is 11.8. The zero-order valence-electron chi connectivity index (χ0n) is 17.0. The van der Waals surface area contributed by atoms with Crippen molar-refractivity contribution in [1.82, 2.24) is 10.8 Å². The van der Waals surface area contributed by atoms with E-state index >= 15 is 0 Å². The molecule has 160 valence electrons. The van der Waals surface area contributed by atoms with Crippen LogP contribution in [-0.2, 0) is 14.3 Å². The number of ether oxygens (including phenoxy) is 2. The maximum atomic E-state index is 12.6. The van der Waals surface area contributed by atoms with Crippen LogP contribution in [0.5, 0.6) is 0 Å². The van der Waals surface area contributed by atoms with E-state index in [1.54, 1.807) is 60.9 Å². The zero-order chi connectivity index (χ0) is 21.9. The molecular formula is C22H26N2O6. The molecule has 0 bridgehead atoms. The molecule has 2 amide bonds. The van der Waals surface area contributed by atoms with Gasteiger partial charge in [-0.1, -0.05) is 49.4 Å². The second-order valence-electron chi connectivity index (χ2n) is 6.83. The maximum Gasteiger partial charge on any atom is 0.251 e. The summed E-state index contributed by atoms with van der Waals surface area (Å²) < 4.78 is 10.2. The first-order valence-corrected chi connectivity index (χ1v) is 9.47. The lowest BCUT2D eigenvalue weighted by Gasteiger charge is -2.21. The Kier molecular flexibility index (Phi) is 9.14. The third-order valence-electron chi connectivity index (χ3n) is 4.50. The van der Waals surface area contributed by atoms with Gasteiger partial charge >= 0.3 is 0 Å². The highest BCUT2D eigenvalue weighted by atomic mass is 16.7. The van der Waals surface area contributed by atoms with Crippen LogP contribution in [0.2, 0.25) is 0 Å². The smallest absolute Gasteiger partial charge is 0.251 e. The summed E-state index contributed by atoms with van der Waals surface area (Å²) in [6, 6.07) is 14.7. The fraction of sp³-hybridized carbons (Fsp3) is 0.318. The van der Waals surface area contributed by atoms with Crippen molar-refractivity contribution in [3.8, 4) is 0 Å². The fourth-order valence-electron chi connectivity index (χ4n) is 2.88. The van der Waals surface area contributed by atoms with Crippen molar-refractivity contribution < 1.29 is 29.1 Å². The number of nitrogens with one attached hydrogen (secondary N) is 2. The van der Waals surface area contributed by atoms with E-state index in [2.05, 4.69) is 5.32 Å². The van der Waals surface area contributed by atoms with Gasteiger partial charge in [0.15, 0.2) is 5.78 Å². The first-order valence-electron chi connectivity index (χ1n) is 9.47. The molecule has 0 aliphatic heterocycles. The molecule has 2 aromatic carbocycles. The van der Waals surface area contributed by atoms with Crippen LogP contribution >= 0.6 is 0 Å². The number of benzene rings is 2. The quantitative estimate of drug-likeness (QED) is 0.171. The SMILES string of the molecule is COCOCC(CC(C)C(=O)NO)NC(=O)c1ccc(C(=O)c2ccccc2)cc1. The van der Waals surface area contributed by atoms with Crippen LogP contribution in [0.25, 0.3) is 0 Å². The Morgan fingerprint density at radius 2 is 1.57 bits per heavy atom. The number of rotatable bonds is 11. The molecule has 8 nitrogen and oxygen atoms in total. The summed E-state index contributed by atoms with van der Waals surface area (Å²) >= 11 is 0. The summed E-state index contributed by atoms with van der Waals surface area (Å²) in [5, 5.41) is 11.6. The first kappa shape index (κ1) is 23.2. The number of ketones is 1. The van der Waals surface area contributed by atoms with Gasteiger partial charge in [0.25, 0.3) is 5.91 Å². The van der Waals surface area contributed by atoms with Gasteiger partial charge in [0.2, 0.25) is 5.91 Å². The van der Waals surface area contributed by atoms with Gasteiger partial charge in [-0.3, -0.25) is 19.6 Å². The van der Waals surface area contributed by atoms with Gasteiger partial charge in [-0.15, -0.1) is 0 Å². The van der Waals surface area contributed by atoms with E-state index in [-0.39, 0.29) is 31.5 Å². The third-order valence-corrected chi connectivity index (χ3v) is 4.50. The lowest BCUT2D eigenvalue weighted by atomic mass is 10.00. The topological polar surface area (TPSA) is 114 Å². The Morgan fingerprint density at radius 1 is 0.967 bits per heavy atom. The molecule has 0 heterocycles. The minimum absolute atomic E-state index is 0.0449. The van der Waals surface area contributed by atoms with Crippen LogP contribution in [0.15, 0.2) is 54.6 Å². The summed E-state index contributed by atoms with van der Waals surface area (Å²) in [4.78, 5) is 36.7. The van der Waals surface area contributed by atoms with E-state index < -0.39 is 17.9 Å². The molecule has 2 unspecified atom stereocenters. The summed E-state index contributed by atoms with van der Waals surface area (Å²) in [7, 11) is 1.48. The highest BCUT2D eigenvalue weighted by Gasteiger charge is 2.21. The predicted octanol–water partition coefficient (Wildman–Crippen LogP) is 2.17. The summed E-state index contributed by atoms with van der Waals surface area (Å²) in [5.74, 6) is -1.59. The molecule has 0 aliphatic carbocycles. The summed E-state index contributed by atoms with van der Waals surface area (Å²) in [5.41, 5.74) is 3.02. The van der Waals surface area contributed by atoms with Crippen LogP contribution in [0.1, 0.15) is 39.6 Å². The summed E-state index contributed by atoms with van der Waals surface area (Å²) in [6.45, 7) is 1.81. The number of methoxy groups -OCH3 is 1. The molecule has 0 aromatic heterocycles. The third kappa shape index (κ3) is 6.77. The Hall–Kier alpha value is -3.07. The standard InChI is InChI=1S/C22H26N2O6/c1-15(21(26)24-28)12-19(13-30-14-29-2)23-22(27)18-10-8-17(9-11-18)20(25)16-6-4-3-5-7-16/h3-11,15,19,28H,12-14H2,1-2H3,(H,23,27)(H,24,26). The van der Waals surface area contributed by atoms with Crippen molar-refractivity contribution in [1.29, 1.82) is 0 Å². The molecule has 0 spiro atoms. The van der Waals surface area contributed by atoms with Crippen molar-refractivity contribution in [2.45, 2.75) is 19.4 Å². The zero-order valence-corrected chi connectivity index (χ0v) is 17.0. The van der Waals surface area contributed by atoms with Crippen LogP contribution in [0.3, 0.4) is 0 Å². The minimum atomic E-state index is -0.551. The molecule has 2 rings (SSSR count). The molecule has 2 atom stereocenters. The largest absolute Gasteiger partial charge is 0.359 e. The molecule has 0 aliphatic rings. The highest BCUT2D eigenvalue weighted by Crippen LogP contribution is 2.13. The van der Waals surface area contributed by atoms with Crippen LogP contribution in [0.4, 0.5) is 0 Å². The number of carbonyl (C=O) groups is 3. The molecule has 0 fully saturated rings. The molecular weight excluding hydrogens is 388 g/mol. The maximum absolute atomic E-state index is 12.6. The van der Waals surface area contributed by atoms with E-state index in [0.29, 0.717) is 16.7 Å². The van der Waals surface area contributed by atoms with E-state index in [1.807, 2.05) is 6.07 Å². The van der Waals surface area contributed by atoms with Crippen molar-refractivity contribution in [2.24, 2.45) is 5.92 Å². The lowest BCUT2D eigenvalue weighted by Crippen LogP contribution is -2.41. The lowest BCUT2D eigenvalue weighted by molar-refractivity contribution is -0.133. The van der Waals surface area contributed by atoms with Gasteiger partial charge in [0.1, 0.15) is 6.79 Å². The Morgan fingerprint density at radius 3 is 2.17 bits per heavy atom. The van der Waals surface area contributed by atoms with Crippen LogP contribution < -0.4 is 10.8 Å². The average molecular weight is 414 g/mol. The van der Waals surface area contributed by atoms with Gasteiger partial charge in [-0.25, -0.2) is 5.48 Å². The predicted molar refractivity (Wildman–Crippen MR) is 109 cm³/mol. The first-order chi connectivity index (χ1) is 14.5. The van der Waals surface area contributed by atoms with E-state index in [1.165, 1.54) is 7.11 Å². The van der Waals surface area contributed by atoms with Crippen molar-refractivity contribution in [3.63, 3.8) is 0 Å². The molecule has 3 N–H and O–H groups in total. The normalized spacial score (nSPS) is 12.6. The molecule has 30 heavy (non-hydrogen) atoms. The monoisotopic (exact) mass is 414 g/mol.